The Morgan fingerprint density at radius 1 is 1.00 bits per heavy atom. The Kier molecular flexibility index (Phi) is 7.17. The van der Waals surface area contributed by atoms with Gasteiger partial charge < -0.3 is 24.6 Å². The lowest BCUT2D eigenvalue weighted by Gasteiger charge is -2.36. The monoisotopic (exact) mass is 411 g/mol. The number of nitrogens with one attached hydrogen (secondary N) is 1. The van der Waals surface area contributed by atoms with Gasteiger partial charge >= 0.3 is 0 Å². The average Bonchev–Trinajstić information content (AvgIpc) is 2.77. The normalized spacial score (nSPS) is 13.9. The minimum absolute atomic E-state index is 0.00134. The molecule has 0 aromatic heterocycles. The zero-order chi connectivity index (χ0) is 21.5. The lowest BCUT2D eigenvalue weighted by molar-refractivity contribution is -0.130. The van der Waals surface area contributed by atoms with Gasteiger partial charge in [0.2, 0.25) is 5.91 Å². The van der Waals surface area contributed by atoms with E-state index in [2.05, 4.69) is 22.3 Å². The predicted octanol–water partition coefficient (Wildman–Crippen LogP) is 2.56. The van der Waals surface area contributed by atoms with E-state index in [1.54, 1.807) is 23.1 Å². The van der Waals surface area contributed by atoms with Crippen molar-refractivity contribution >= 4 is 17.5 Å². The molecule has 2 aromatic rings. The fraction of sp³-hybridized carbons (Fsp3) is 0.391. The molecule has 1 fully saturated rings. The van der Waals surface area contributed by atoms with E-state index in [0.29, 0.717) is 30.2 Å². The van der Waals surface area contributed by atoms with Gasteiger partial charge in [-0.2, -0.15) is 0 Å². The number of anilines is 1. The van der Waals surface area contributed by atoms with Crippen molar-refractivity contribution in [2.45, 2.75) is 20.0 Å². The van der Waals surface area contributed by atoms with Crippen molar-refractivity contribution in [2.75, 3.05) is 44.7 Å². The maximum Gasteiger partial charge on any atom is 0.251 e. The summed E-state index contributed by atoms with van der Waals surface area (Å²) in [5.41, 5.74) is 1.58. The summed E-state index contributed by atoms with van der Waals surface area (Å²) in [5.74, 6) is 0.666. The second kappa shape index (κ2) is 10.0. The Balaban J connectivity index is 1.50. The summed E-state index contributed by atoms with van der Waals surface area (Å²) < 4.78 is 11.0. The summed E-state index contributed by atoms with van der Waals surface area (Å²) in [5, 5.41) is 2.71. The lowest BCUT2D eigenvalue weighted by Crippen LogP contribution is -2.51. The number of carbonyl (C=O) groups is 2. The van der Waals surface area contributed by atoms with E-state index in [4.69, 9.17) is 9.47 Å². The minimum Gasteiger partial charge on any atom is -0.493 e. The van der Waals surface area contributed by atoms with Gasteiger partial charge in [0, 0.05) is 37.4 Å². The van der Waals surface area contributed by atoms with Crippen molar-refractivity contribution in [1.82, 2.24) is 10.2 Å². The van der Waals surface area contributed by atoms with Crippen LogP contribution in [-0.4, -0.2) is 62.7 Å². The topological polar surface area (TPSA) is 71.1 Å². The van der Waals surface area contributed by atoms with Crippen LogP contribution in [-0.2, 0) is 4.79 Å². The predicted molar refractivity (Wildman–Crippen MR) is 116 cm³/mol. The molecule has 1 heterocycles. The molecule has 1 N–H and O–H groups in total. The zero-order valence-electron chi connectivity index (χ0n) is 17.8. The molecule has 1 saturated heterocycles. The fourth-order valence-corrected chi connectivity index (χ4v) is 3.38. The van der Waals surface area contributed by atoms with Gasteiger partial charge in [-0.3, -0.25) is 9.59 Å². The molecule has 30 heavy (non-hydrogen) atoms. The molecule has 7 heteroatoms. The molecule has 0 unspecified atom stereocenters. The van der Waals surface area contributed by atoms with E-state index in [1.807, 2.05) is 32.0 Å². The molecular formula is C23H29N3O4. The Morgan fingerprint density at radius 2 is 1.70 bits per heavy atom. The van der Waals surface area contributed by atoms with Crippen molar-refractivity contribution in [3.63, 3.8) is 0 Å². The van der Waals surface area contributed by atoms with Crippen LogP contribution in [0.25, 0.3) is 0 Å². The van der Waals surface area contributed by atoms with E-state index < -0.39 is 0 Å². The average molecular weight is 412 g/mol. The van der Waals surface area contributed by atoms with Gasteiger partial charge in [0.25, 0.3) is 5.91 Å². The van der Waals surface area contributed by atoms with Gasteiger partial charge in [0.05, 0.1) is 19.8 Å². The molecule has 2 aromatic carbocycles. The number of para-hydroxylation sites is 1. The Labute approximate surface area is 177 Å². The molecule has 1 aliphatic heterocycles. The molecule has 7 nitrogen and oxygen atoms in total. The Hall–Kier alpha value is -3.22. The lowest BCUT2D eigenvalue weighted by atomic mass is 10.2. The minimum atomic E-state index is -0.319. The third-order valence-corrected chi connectivity index (χ3v) is 4.94. The second-order valence-electron chi connectivity index (χ2n) is 7.42. The van der Waals surface area contributed by atoms with Crippen LogP contribution in [0.1, 0.15) is 24.2 Å². The molecule has 1 aliphatic rings. The van der Waals surface area contributed by atoms with Gasteiger partial charge in [-0.1, -0.05) is 18.2 Å². The molecule has 0 saturated carbocycles. The summed E-state index contributed by atoms with van der Waals surface area (Å²) in [4.78, 5) is 29.1. The molecule has 0 aliphatic carbocycles. The van der Waals surface area contributed by atoms with Gasteiger partial charge in [0.15, 0.2) is 11.5 Å². The maximum atomic E-state index is 12.5. The first-order valence-corrected chi connectivity index (χ1v) is 10.2. The van der Waals surface area contributed by atoms with E-state index in [9.17, 15) is 9.59 Å². The van der Waals surface area contributed by atoms with Gasteiger partial charge in [-0.05, 0) is 44.2 Å². The molecule has 0 bridgehead atoms. The van der Waals surface area contributed by atoms with Crippen molar-refractivity contribution in [3.05, 3.63) is 54.1 Å². The molecule has 0 radical (unpaired) electrons. The molecule has 3 rings (SSSR count). The number of piperazine rings is 1. The Bertz CT molecular complexity index is 862. The van der Waals surface area contributed by atoms with Crippen LogP contribution < -0.4 is 19.7 Å². The molecule has 2 amide bonds. The van der Waals surface area contributed by atoms with E-state index >= 15 is 0 Å². The van der Waals surface area contributed by atoms with Crippen molar-refractivity contribution in [3.8, 4) is 11.5 Å². The van der Waals surface area contributed by atoms with E-state index in [0.717, 1.165) is 18.8 Å². The van der Waals surface area contributed by atoms with Crippen molar-refractivity contribution < 1.29 is 19.1 Å². The van der Waals surface area contributed by atoms with Crippen LogP contribution in [0, 0.1) is 0 Å². The van der Waals surface area contributed by atoms with Crippen molar-refractivity contribution in [1.29, 1.82) is 0 Å². The molecular weight excluding hydrogens is 382 g/mol. The third-order valence-electron chi connectivity index (χ3n) is 4.94. The highest BCUT2D eigenvalue weighted by Crippen LogP contribution is 2.29. The quantitative estimate of drug-likeness (QED) is 0.758. The largest absolute Gasteiger partial charge is 0.493 e. The number of ether oxygens (including phenoxy) is 2. The number of amides is 2. The summed E-state index contributed by atoms with van der Waals surface area (Å²) in [7, 11) is 1.53. The molecule has 0 spiro atoms. The number of methoxy groups -OCH3 is 1. The highest BCUT2D eigenvalue weighted by molar-refractivity contribution is 5.97. The van der Waals surface area contributed by atoms with Crippen LogP contribution in [0.15, 0.2) is 48.5 Å². The van der Waals surface area contributed by atoms with Crippen LogP contribution in [0.3, 0.4) is 0 Å². The second-order valence-corrected chi connectivity index (χ2v) is 7.42. The van der Waals surface area contributed by atoms with Crippen LogP contribution in [0.4, 0.5) is 5.69 Å². The SMILES string of the molecule is COc1cc(C(=O)NCC(=O)N2CCN(c3ccccc3)CC2)ccc1OC(C)C. The van der Waals surface area contributed by atoms with Crippen molar-refractivity contribution in [2.24, 2.45) is 0 Å². The van der Waals surface area contributed by atoms with Crippen LogP contribution in [0.2, 0.25) is 0 Å². The third kappa shape index (κ3) is 5.43. The maximum absolute atomic E-state index is 12.5. The summed E-state index contributed by atoms with van der Waals surface area (Å²) in [6.07, 6.45) is -0.00134. The molecule has 0 atom stereocenters. The number of benzene rings is 2. The highest BCUT2D eigenvalue weighted by Gasteiger charge is 2.22. The summed E-state index contributed by atoms with van der Waals surface area (Å²) in [6, 6.07) is 15.2. The Morgan fingerprint density at radius 3 is 2.33 bits per heavy atom. The number of hydrogen-bond donors (Lipinski definition) is 1. The van der Waals surface area contributed by atoms with Gasteiger partial charge in [0.1, 0.15) is 0 Å². The molecule has 160 valence electrons. The van der Waals surface area contributed by atoms with E-state index in [1.165, 1.54) is 7.11 Å². The zero-order valence-corrected chi connectivity index (χ0v) is 17.8. The summed E-state index contributed by atoms with van der Waals surface area (Å²) >= 11 is 0. The number of carbonyl (C=O) groups excluding carboxylic acids is 2. The van der Waals surface area contributed by atoms with E-state index in [-0.39, 0.29) is 24.5 Å². The number of rotatable bonds is 7. The first kappa shape index (κ1) is 21.5. The fourth-order valence-electron chi connectivity index (χ4n) is 3.38. The summed E-state index contributed by atoms with van der Waals surface area (Å²) in [6.45, 7) is 6.64. The smallest absolute Gasteiger partial charge is 0.251 e. The van der Waals surface area contributed by atoms with Gasteiger partial charge in [-0.15, -0.1) is 0 Å². The van der Waals surface area contributed by atoms with Crippen LogP contribution >= 0.6 is 0 Å². The standard InChI is InChI=1S/C23H29N3O4/c1-17(2)30-20-10-9-18(15-21(20)29-3)23(28)24-16-22(27)26-13-11-25(12-14-26)19-7-5-4-6-8-19/h4-10,15,17H,11-14,16H2,1-3H3,(H,24,28). The number of nitrogens with zero attached hydrogens (tertiary/aromatic N) is 2. The highest BCUT2D eigenvalue weighted by atomic mass is 16.5. The number of hydrogen-bond acceptors (Lipinski definition) is 5. The van der Waals surface area contributed by atoms with Gasteiger partial charge in [-0.25, -0.2) is 0 Å². The first-order valence-electron chi connectivity index (χ1n) is 10.2. The first-order chi connectivity index (χ1) is 14.5. The van der Waals surface area contributed by atoms with Crippen LogP contribution in [0.5, 0.6) is 11.5 Å².